The predicted octanol–water partition coefficient (Wildman–Crippen LogP) is 2.05. The van der Waals surface area contributed by atoms with Crippen molar-refractivity contribution in [3.63, 3.8) is 0 Å². The maximum absolute atomic E-state index is 13.1. The van der Waals surface area contributed by atoms with Crippen LogP contribution in [0.25, 0.3) is 0 Å². The highest BCUT2D eigenvalue weighted by atomic mass is 35.5. The van der Waals surface area contributed by atoms with Crippen LogP contribution in [0, 0.1) is 0 Å². The largest absolute Gasteiger partial charge is 0.500 e. The van der Waals surface area contributed by atoms with Crippen molar-refractivity contribution in [3.8, 4) is 0 Å². The fourth-order valence-electron chi connectivity index (χ4n) is 3.37. The first-order chi connectivity index (χ1) is 12.9. The van der Waals surface area contributed by atoms with Crippen LogP contribution in [0.1, 0.15) is 33.6 Å². The number of likely N-dealkylation sites (N-methyl/N-ethyl adjacent to an activating group) is 1. The molecule has 1 saturated heterocycles. The lowest BCUT2D eigenvalue weighted by Crippen LogP contribution is -2.53. The Bertz CT molecular complexity index is 545. The first-order valence-electron chi connectivity index (χ1n) is 9.83. The van der Waals surface area contributed by atoms with Crippen molar-refractivity contribution in [2.24, 2.45) is 0 Å². The van der Waals surface area contributed by atoms with Gasteiger partial charge in [-0.1, -0.05) is 25.2 Å². The van der Waals surface area contributed by atoms with Crippen molar-refractivity contribution in [2.75, 3.05) is 33.4 Å². The summed E-state index contributed by atoms with van der Waals surface area (Å²) in [5, 5.41) is 6.23. The van der Waals surface area contributed by atoms with E-state index in [0.717, 1.165) is 31.5 Å². The molecule has 0 radical (unpaired) electrons. The molecule has 2 rings (SSSR count). The Balaban J connectivity index is 2.14. The van der Waals surface area contributed by atoms with Gasteiger partial charge in [0.2, 0.25) is 0 Å². The van der Waals surface area contributed by atoms with Gasteiger partial charge in [0.05, 0.1) is 19.8 Å². The number of amides is 1. The number of morpholine rings is 1. The second kappa shape index (κ2) is 10.5. The average Bonchev–Trinajstić information content (AvgIpc) is 3.51. The monoisotopic (exact) mass is 399 g/mol. The van der Waals surface area contributed by atoms with Crippen LogP contribution in [0.15, 0.2) is 24.0 Å². The summed E-state index contributed by atoms with van der Waals surface area (Å²) in [5.41, 5.74) is 1.10. The molecule has 27 heavy (non-hydrogen) atoms. The average molecular weight is 400 g/mol. The number of halogens is 1. The molecule has 4 atom stereocenters. The number of ether oxygens (including phenoxy) is 2. The molecule has 1 aliphatic heterocycles. The van der Waals surface area contributed by atoms with E-state index in [-0.39, 0.29) is 23.4 Å². The molecule has 154 valence electrons. The summed E-state index contributed by atoms with van der Waals surface area (Å²) in [7, 11) is 1.58. The first-order valence-corrected chi connectivity index (χ1v) is 10.3. The van der Waals surface area contributed by atoms with Crippen molar-refractivity contribution in [2.45, 2.75) is 63.2 Å². The SMILES string of the molecule is C=C(OC)C(Cl)C(/C=C(\C)[C@@H](C)N(C(=O)[C@H]1CNCCO1)C1CC1)NCC. The number of hydrogen-bond donors (Lipinski definition) is 2. The van der Waals surface area contributed by atoms with Gasteiger partial charge in [0.1, 0.15) is 17.2 Å². The zero-order valence-corrected chi connectivity index (χ0v) is 17.7. The van der Waals surface area contributed by atoms with Crippen molar-refractivity contribution in [1.29, 1.82) is 0 Å². The fourth-order valence-corrected chi connectivity index (χ4v) is 3.62. The molecular weight excluding hydrogens is 366 g/mol. The Morgan fingerprint density at radius 1 is 1.52 bits per heavy atom. The number of rotatable bonds is 10. The molecule has 1 aliphatic carbocycles. The van der Waals surface area contributed by atoms with Crippen LogP contribution in [0.2, 0.25) is 0 Å². The van der Waals surface area contributed by atoms with Gasteiger partial charge in [0, 0.05) is 25.2 Å². The van der Waals surface area contributed by atoms with Crippen LogP contribution in [0.4, 0.5) is 0 Å². The lowest BCUT2D eigenvalue weighted by molar-refractivity contribution is -0.147. The minimum atomic E-state index is -0.395. The zero-order chi connectivity index (χ0) is 20.0. The van der Waals surface area contributed by atoms with Gasteiger partial charge in [-0.3, -0.25) is 4.79 Å². The molecule has 7 heteroatoms. The van der Waals surface area contributed by atoms with E-state index in [2.05, 4.69) is 37.1 Å². The van der Waals surface area contributed by atoms with Crippen molar-refractivity contribution in [3.05, 3.63) is 24.0 Å². The summed E-state index contributed by atoms with van der Waals surface area (Å²) in [6, 6.07) is 0.173. The number of carbonyl (C=O) groups excluding carboxylic acids is 1. The molecule has 1 amide bonds. The van der Waals surface area contributed by atoms with Crippen molar-refractivity contribution in [1.82, 2.24) is 15.5 Å². The van der Waals surface area contributed by atoms with E-state index < -0.39 is 6.10 Å². The lowest BCUT2D eigenvalue weighted by Gasteiger charge is -2.35. The number of nitrogens with one attached hydrogen (secondary N) is 2. The van der Waals surface area contributed by atoms with E-state index >= 15 is 0 Å². The maximum Gasteiger partial charge on any atom is 0.253 e. The van der Waals surface area contributed by atoms with E-state index in [4.69, 9.17) is 21.1 Å². The van der Waals surface area contributed by atoms with Gasteiger partial charge in [-0.05, 0) is 33.2 Å². The molecule has 1 saturated carbocycles. The predicted molar refractivity (Wildman–Crippen MR) is 109 cm³/mol. The summed E-state index contributed by atoms with van der Waals surface area (Å²) in [6.07, 6.45) is 3.81. The van der Waals surface area contributed by atoms with Crippen LogP contribution in [-0.4, -0.2) is 73.8 Å². The van der Waals surface area contributed by atoms with Gasteiger partial charge in [-0.2, -0.15) is 0 Å². The van der Waals surface area contributed by atoms with E-state index in [1.165, 1.54) is 0 Å². The molecule has 6 nitrogen and oxygen atoms in total. The van der Waals surface area contributed by atoms with Crippen LogP contribution < -0.4 is 10.6 Å². The lowest BCUT2D eigenvalue weighted by atomic mass is 10.0. The number of carbonyl (C=O) groups is 1. The summed E-state index contributed by atoms with van der Waals surface area (Å²) in [6.45, 7) is 12.8. The van der Waals surface area contributed by atoms with Crippen LogP contribution in [0.5, 0.6) is 0 Å². The Kier molecular flexibility index (Phi) is 8.61. The van der Waals surface area contributed by atoms with Crippen LogP contribution in [0.3, 0.4) is 0 Å². The van der Waals surface area contributed by atoms with Gasteiger partial charge < -0.3 is 25.0 Å². The third kappa shape index (κ3) is 5.95. The van der Waals surface area contributed by atoms with Gasteiger partial charge in [0.25, 0.3) is 5.91 Å². The molecule has 0 bridgehead atoms. The second-order valence-corrected chi connectivity index (χ2v) is 7.75. The van der Waals surface area contributed by atoms with E-state index in [1.54, 1.807) is 7.11 Å². The third-order valence-corrected chi connectivity index (χ3v) is 5.76. The molecular formula is C20H34ClN3O3. The standard InChI is InChI=1S/C20H34ClN3O3/c1-6-23-17(19(21)15(4)26-5)11-13(2)14(3)24(16-7-8-16)20(25)18-12-22-9-10-27-18/h11,14,16-19,22-23H,4,6-10,12H2,1-3,5H3/b13-11+/t14-,17?,18-,19?/m1/s1. The normalized spacial score (nSPS) is 24.0. The number of methoxy groups -OCH3 is 1. The van der Waals surface area contributed by atoms with E-state index in [9.17, 15) is 4.79 Å². The second-order valence-electron chi connectivity index (χ2n) is 7.28. The molecule has 0 spiro atoms. The topological polar surface area (TPSA) is 62.8 Å². The summed E-state index contributed by atoms with van der Waals surface area (Å²) < 4.78 is 10.9. The van der Waals surface area contributed by atoms with Gasteiger partial charge >= 0.3 is 0 Å². The maximum atomic E-state index is 13.1. The Morgan fingerprint density at radius 3 is 2.74 bits per heavy atom. The van der Waals surface area contributed by atoms with Crippen molar-refractivity contribution >= 4 is 17.5 Å². The van der Waals surface area contributed by atoms with Crippen LogP contribution in [-0.2, 0) is 14.3 Å². The molecule has 2 aliphatic rings. The molecule has 2 N–H and O–H groups in total. The minimum Gasteiger partial charge on any atom is -0.500 e. The summed E-state index contributed by atoms with van der Waals surface area (Å²) in [4.78, 5) is 15.1. The highest BCUT2D eigenvalue weighted by molar-refractivity contribution is 6.22. The highest BCUT2D eigenvalue weighted by Crippen LogP contribution is 2.32. The Labute approximate surface area is 168 Å². The zero-order valence-electron chi connectivity index (χ0n) is 17.0. The smallest absolute Gasteiger partial charge is 0.253 e. The van der Waals surface area contributed by atoms with Gasteiger partial charge in [0.15, 0.2) is 0 Å². The minimum absolute atomic E-state index is 0.0173. The number of alkyl halides is 1. The number of hydrogen-bond acceptors (Lipinski definition) is 5. The molecule has 1 heterocycles. The van der Waals surface area contributed by atoms with E-state index in [1.807, 2.05) is 11.8 Å². The van der Waals surface area contributed by atoms with Gasteiger partial charge in [-0.25, -0.2) is 0 Å². The summed E-state index contributed by atoms with van der Waals surface area (Å²) in [5.74, 6) is 0.602. The Hall–Kier alpha value is -1.08. The highest BCUT2D eigenvalue weighted by Gasteiger charge is 2.40. The Morgan fingerprint density at radius 2 is 2.22 bits per heavy atom. The molecule has 2 unspecified atom stereocenters. The summed E-state index contributed by atoms with van der Waals surface area (Å²) >= 11 is 6.52. The van der Waals surface area contributed by atoms with Crippen LogP contribution >= 0.6 is 11.6 Å². The van der Waals surface area contributed by atoms with Gasteiger partial charge in [-0.15, -0.1) is 11.6 Å². The first kappa shape index (κ1) is 22.2. The number of nitrogens with zero attached hydrogens (tertiary/aromatic N) is 1. The fraction of sp³-hybridized carbons (Fsp3) is 0.750. The molecule has 0 aromatic carbocycles. The molecule has 2 fully saturated rings. The molecule has 0 aromatic heterocycles. The quantitative estimate of drug-likeness (QED) is 0.334. The van der Waals surface area contributed by atoms with E-state index in [0.29, 0.717) is 25.0 Å². The van der Waals surface area contributed by atoms with Crippen molar-refractivity contribution < 1.29 is 14.3 Å². The molecule has 0 aromatic rings. The third-order valence-electron chi connectivity index (χ3n) is 5.24.